The number of hydrogen-bond donors (Lipinski definition) is 1. The van der Waals surface area contributed by atoms with Crippen LogP contribution >= 0.6 is 22.9 Å². The van der Waals surface area contributed by atoms with Crippen LogP contribution in [0.15, 0.2) is 73.2 Å². The Bertz CT molecular complexity index is 2700. The molecule has 1 atom stereocenters. The number of carbonyl (C=O) groups excluding carboxylic acids is 1. The Balaban J connectivity index is 1.21. The van der Waals surface area contributed by atoms with Crippen LogP contribution in [0, 0.1) is 12.7 Å². The number of rotatable bonds is 11. The molecule has 3 aromatic heterocycles. The first kappa shape index (κ1) is 45.4. The number of fused-ring (bicyclic) bond motifs is 7. The minimum atomic E-state index is -4.42. The molecule has 4 bridgehead atoms. The average molecular weight is 936 g/mol. The summed E-state index contributed by atoms with van der Waals surface area (Å²) in [5, 5.41) is 11.4. The van der Waals surface area contributed by atoms with Gasteiger partial charge in [-0.1, -0.05) is 29.8 Å². The fourth-order valence-corrected chi connectivity index (χ4v) is 8.94. The van der Waals surface area contributed by atoms with Gasteiger partial charge in [0, 0.05) is 67.9 Å². The molecule has 0 aliphatic carbocycles. The molecular weight excluding hydrogens is 894 g/mol. The van der Waals surface area contributed by atoms with E-state index in [9.17, 15) is 32.3 Å². The van der Waals surface area contributed by atoms with Gasteiger partial charge in [0.1, 0.15) is 41.7 Å². The second-order valence-electron chi connectivity index (χ2n) is 15.5. The van der Waals surface area contributed by atoms with E-state index in [2.05, 4.69) is 36.8 Å². The van der Waals surface area contributed by atoms with Crippen LogP contribution in [0.4, 0.5) is 23.2 Å². The summed E-state index contributed by atoms with van der Waals surface area (Å²) < 4.78 is 76.1. The molecule has 1 N–H and O–H groups in total. The minimum absolute atomic E-state index is 0.0381. The average Bonchev–Trinajstić information content (AvgIpc) is 3.67. The number of aromatic nitrogens is 4. The van der Waals surface area contributed by atoms with Crippen molar-refractivity contribution in [2.45, 2.75) is 38.7 Å². The van der Waals surface area contributed by atoms with Crippen molar-refractivity contribution in [2.24, 2.45) is 0 Å². The Labute approximate surface area is 379 Å². The quantitative estimate of drug-likeness (QED) is 0.126. The van der Waals surface area contributed by atoms with Gasteiger partial charge in [0.25, 0.3) is 5.91 Å². The summed E-state index contributed by atoms with van der Waals surface area (Å²) in [5.41, 5.74) is 3.49. The number of halogens is 5. The van der Waals surface area contributed by atoms with Crippen LogP contribution in [-0.2, 0) is 22.6 Å². The molecule has 20 heteroatoms. The molecule has 3 aliphatic rings. The number of alkyl halides is 3. The number of aliphatic carboxylic acids is 1. The van der Waals surface area contributed by atoms with Gasteiger partial charge < -0.3 is 33.9 Å². The zero-order valence-electron chi connectivity index (χ0n) is 35.1. The number of amides is 1. The van der Waals surface area contributed by atoms with Crippen LogP contribution < -0.4 is 23.8 Å². The fourth-order valence-electron chi connectivity index (χ4n) is 7.52. The number of piperazine rings is 1. The largest absolute Gasteiger partial charge is 0.487 e. The first-order chi connectivity index (χ1) is 31.2. The van der Waals surface area contributed by atoms with E-state index in [1.807, 2.05) is 13.0 Å². The van der Waals surface area contributed by atoms with Gasteiger partial charge >= 0.3 is 18.2 Å². The fraction of sp³-hybridized carbons (Fsp3) is 0.333. The van der Waals surface area contributed by atoms with E-state index in [-0.39, 0.29) is 48.0 Å². The van der Waals surface area contributed by atoms with Crippen LogP contribution in [0.25, 0.3) is 31.8 Å². The highest BCUT2D eigenvalue weighted by atomic mass is 35.5. The number of benzene rings is 3. The highest BCUT2D eigenvalue weighted by molar-refractivity contribution is 7.22. The van der Waals surface area contributed by atoms with E-state index < -0.39 is 43.7 Å². The van der Waals surface area contributed by atoms with E-state index in [0.717, 1.165) is 26.2 Å². The van der Waals surface area contributed by atoms with Crippen molar-refractivity contribution >= 4 is 50.7 Å². The zero-order valence-corrected chi connectivity index (χ0v) is 36.7. The zero-order chi connectivity index (χ0) is 45.8. The third-order valence-corrected chi connectivity index (χ3v) is 12.7. The Hall–Kier alpha value is -6.15. The summed E-state index contributed by atoms with van der Waals surface area (Å²) in [6, 6.07) is 15.4. The number of hydrogen-bond acceptors (Lipinski definition) is 13. The topological polar surface area (TPSA) is 153 Å². The van der Waals surface area contributed by atoms with Gasteiger partial charge in [-0.05, 0) is 73.1 Å². The molecule has 3 aromatic carbocycles. The maximum atomic E-state index is 14.4. The monoisotopic (exact) mass is 935 g/mol. The number of nitrogens with zero attached hydrogens (tertiary/aromatic N) is 7. The molecular formula is C45H42ClF4N7O7S. The maximum Gasteiger partial charge on any atom is 0.392 e. The lowest BCUT2D eigenvalue weighted by Gasteiger charge is -2.34. The number of thiophene rings is 1. The van der Waals surface area contributed by atoms with Gasteiger partial charge in [0.2, 0.25) is 12.0 Å². The molecule has 340 valence electrons. The van der Waals surface area contributed by atoms with Crippen molar-refractivity contribution in [1.29, 1.82) is 0 Å². The van der Waals surface area contributed by atoms with Gasteiger partial charge in [-0.2, -0.15) is 18.2 Å². The summed E-state index contributed by atoms with van der Waals surface area (Å²) in [5.74, 6) is -1.77. The number of carboxylic acid groups (broad SMARTS) is 1. The van der Waals surface area contributed by atoms with Gasteiger partial charge in [0.15, 0.2) is 6.61 Å². The summed E-state index contributed by atoms with van der Waals surface area (Å²) >= 11 is 8.57. The predicted molar refractivity (Wildman–Crippen MR) is 235 cm³/mol. The van der Waals surface area contributed by atoms with Crippen molar-refractivity contribution < 1.29 is 51.2 Å². The highest BCUT2D eigenvalue weighted by Gasteiger charge is 2.31. The van der Waals surface area contributed by atoms with Crippen LogP contribution in [0.3, 0.4) is 0 Å². The highest BCUT2D eigenvalue weighted by Crippen LogP contribution is 2.49. The molecule has 3 aliphatic heterocycles. The van der Waals surface area contributed by atoms with Gasteiger partial charge in [-0.3, -0.25) is 9.69 Å². The van der Waals surface area contributed by atoms with Crippen molar-refractivity contribution in [2.75, 3.05) is 64.4 Å². The SMILES string of the molecule is Cc1c2ccc(c1Cl)N(CCN1CCN(C)CC1)C(=O)COc1ccc(OCc3ccnc(OCCC(F)(F)F)n3)c(c1)CC(C(=O)O)Oc1ncnc3sc(-c4ccc(F)cc4)c-2c13. The number of ether oxygens (including phenoxy) is 4. The molecule has 65 heavy (non-hydrogen) atoms. The second-order valence-corrected chi connectivity index (χ2v) is 16.9. The molecule has 14 nitrogen and oxygen atoms in total. The molecule has 9 rings (SSSR count). The van der Waals surface area contributed by atoms with Crippen molar-refractivity contribution in [3.63, 3.8) is 0 Å². The van der Waals surface area contributed by atoms with E-state index >= 15 is 0 Å². The van der Waals surface area contributed by atoms with E-state index in [0.29, 0.717) is 66.7 Å². The molecule has 6 heterocycles. The molecule has 1 unspecified atom stereocenters. The molecule has 6 aromatic rings. The summed E-state index contributed by atoms with van der Waals surface area (Å²) in [4.78, 5) is 51.8. The van der Waals surface area contributed by atoms with Crippen molar-refractivity contribution in [1.82, 2.24) is 29.7 Å². The lowest BCUT2D eigenvalue weighted by Crippen LogP contribution is -2.48. The van der Waals surface area contributed by atoms with E-state index in [1.54, 1.807) is 41.3 Å². The molecule has 1 saturated heterocycles. The first-order valence-corrected chi connectivity index (χ1v) is 21.7. The van der Waals surface area contributed by atoms with E-state index in [1.165, 1.54) is 42.1 Å². The third-order valence-electron chi connectivity index (χ3n) is 11.0. The molecule has 0 saturated carbocycles. The Kier molecular flexibility index (Phi) is 13.6. The minimum Gasteiger partial charge on any atom is -0.487 e. The third kappa shape index (κ3) is 10.7. The predicted octanol–water partition coefficient (Wildman–Crippen LogP) is 7.87. The van der Waals surface area contributed by atoms with Gasteiger partial charge in [0.05, 0.1) is 28.2 Å². The van der Waals surface area contributed by atoms with E-state index in [4.69, 9.17) is 30.5 Å². The normalized spacial score (nSPS) is 16.3. The molecule has 0 radical (unpaired) electrons. The lowest BCUT2D eigenvalue weighted by molar-refractivity contribution is -0.145. The molecule has 1 amide bonds. The standard InChI is InChI=1S/C45H42ClF4N7O7S/c1-26-32-8-9-33(39(26)46)57(19-18-56-16-14-55(2)15-17-56)36(58)24-62-31-7-10-34(63-23-30-11-13-51-44(54-30)61-20-12-45(48,49)50)28(21-31)22-35(43(59)60)64-41-38-37(32)40(65-42(38)53-25-52-41)27-3-5-29(47)6-4-27/h3-11,13,21,25,35H,12,14-20,22-24H2,1-2H3,(H,59,60). The Morgan fingerprint density at radius 2 is 1.78 bits per heavy atom. The summed E-state index contributed by atoms with van der Waals surface area (Å²) in [7, 11) is 2.07. The lowest BCUT2D eigenvalue weighted by atomic mass is 9.95. The molecule has 1 fully saturated rings. The number of anilines is 1. The Morgan fingerprint density at radius 3 is 2.54 bits per heavy atom. The summed E-state index contributed by atoms with van der Waals surface area (Å²) in [6.07, 6.45) is -4.90. The van der Waals surface area contributed by atoms with Crippen LogP contribution in [0.2, 0.25) is 5.02 Å². The first-order valence-electron chi connectivity index (χ1n) is 20.5. The number of carbonyl (C=O) groups is 2. The van der Waals surface area contributed by atoms with Crippen LogP contribution in [0.1, 0.15) is 23.2 Å². The Morgan fingerprint density at radius 1 is 1.00 bits per heavy atom. The van der Waals surface area contributed by atoms with Crippen LogP contribution in [-0.4, -0.2) is 119 Å². The molecule has 0 spiro atoms. The smallest absolute Gasteiger partial charge is 0.392 e. The van der Waals surface area contributed by atoms with Crippen molar-refractivity contribution in [3.05, 3.63) is 101 Å². The summed E-state index contributed by atoms with van der Waals surface area (Å²) in [6.45, 7) is 4.83. The number of carboxylic acids is 1. The van der Waals surface area contributed by atoms with Gasteiger partial charge in [-0.15, -0.1) is 11.3 Å². The maximum absolute atomic E-state index is 14.4. The van der Waals surface area contributed by atoms with Crippen molar-refractivity contribution in [3.8, 4) is 45.0 Å². The second kappa shape index (κ2) is 19.5. The number of likely N-dealkylation sites (N-methyl/N-ethyl adjacent to an activating group) is 1. The van der Waals surface area contributed by atoms with Crippen LogP contribution in [0.5, 0.6) is 23.4 Å². The van der Waals surface area contributed by atoms with Gasteiger partial charge in [-0.25, -0.2) is 24.1 Å².